The predicted octanol–water partition coefficient (Wildman–Crippen LogP) is 2.03. The van der Waals surface area contributed by atoms with Crippen molar-refractivity contribution in [2.24, 2.45) is 0 Å². The summed E-state index contributed by atoms with van der Waals surface area (Å²) in [6.07, 6.45) is 5.20. The summed E-state index contributed by atoms with van der Waals surface area (Å²) in [5.41, 5.74) is 2.68. The van der Waals surface area contributed by atoms with Crippen molar-refractivity contribution in [1.29, 1.82) is 0 Å². The minimum Gasteiger partial charge on any atom is -0.480 e. The lowest BCUT2D eigenvalue weighted by Gasteiger charge is -2.32. The number of aryl methyl sites for hydroxylation is 1. The molecule has 0 bridgehead atoms. The SMILES string of the molecule is O=C(O)C(CCN1CCCc2ccccc21)NC1CC1. The molecule has 3 rings (SSSR count). The summed E-state index contributed by atoms with van der Waals surface area (Å²) in [6, 6.07) is 8.50. The number of carbonyl (C=O) groups is 1. The van der Waals surface area contributed by atoms with Crippen LogP contribution in [0.5, 0.6) is 0 Å². The number of carboxylic acids is 1. The van der Waals surface area contributed by atoms with Crippen molar-refractivity contribution in [1.82, 2.24) is 5.32 Å². The van der Waals surface area contributed by atoms with Gasteiger partial charge in [0.2, 0.25) is 0 Å². The van der Waals surface area contributed by atoms with Gasteiger partial charge in [0.15, 0.2) is 0 Å². The Morgan fingerprint density at radius 3 is 2.95 bits per heavy atom. The van der Waals surface area contributed by atoms with Crippen LogP contribution < -0.4 is 10.2 Å². The van der Waals surface area contributed by atoms with E-state index >= 15 is 0 Å². The summed E-state index contributed by atoms with van der Waals surface area (Å²) in [5, 5.41) is 12.5. The number of benzene rings is 1. The number of hydrogen-bond donors (Lipinski definition) is 2. The van der Waals surface area contributed by atoms with Gasteiger partial charge in [-0.05, 0) is 43.7 Å². The summed E-state index contributed by atoms with van der Waals surface area (Å²) in [4.78, 5) is 13.6. The fraction of sp³-hybridized carbons (Fsp3) is 0.562. The van der Waals surface area contributed by atoms with Gasteiger partial charge < -0.3 is 15.3 Å². The number of fused-ring (bicyclic) bond motifs is 1. The zero-order valence-corrected chi connectivity index (χ0v) is 11.7. The summed E-state index contributed by atoms with van der Waals surface area (Å²) in [5.74, 6) is -0.720. The lowest BCUT2D eigenvalue weighted by molar-refractivity contribution is -0.139. The van der Waals surface area contributed by atoms with Gasteiger partial charge in [-0.2, -0.15) is 0 Å². The number of para-hydroxylation sites is 1. The van der Waals surface area contributed by atoms with Gasteiger partial charge in [-0.25, -0.2) is 0 Å². The molecule has 1 heterocycles. The number of nitrogens with zero attached hydrogens (tertiary/aromatic N) is 1. The Bertz CT molecular complexity index is 485. The first-order valence-electron chi connectivity index (χ1n) is 7.56. The van der Waals surface area contributed by atoms with Crippen LogP contribution in [0.1, 0.15) is 31.2 Å². The van der Waals surface area contributed by atoms with E-state index in [2.05, 4.69) is 34.5 Å². The molecule has 0 radical (unpaired) electrons. The molecule has 2 N–H and O–H groups in total. The standard InChI is InChI=1S/C16H22N2O2/c19-16(20)14(17-13-7-8-13)9-11-18-10-3-5-12-4-1-2-6-15(12)18/h1-2,4,6,13-14,17H,3,5,7-11H2,(H,19,20). The number of carboxylic acid groups (broad SMARTS) is 1. The minimum absolute atomic E-state index is 0.406. The Balaban J connectivity index is 1.61. The molecular formula is C16H22N2O2. The van der Waals surface area contributed by atoms with Crippen LogP contribution in [0.4, 0.5) is 5.69 Å². The molecule has 1 aliphatic heterocycles. The molecule has 1 aromatic carbocycles. The van der Waals surface area contributed by atoms with E-state index in [0.29, 0.717) is 12.5 Å². The monoisotopic (exact) mass is 274 g/mol. The molecule has 2 aliphatic rings. The highest BCUT2D eigenvalue weighted by molar-refractivity contribution is 5.73. The summed E-state index contributed by atoms with van der Waals surface area (Å²) in [6.45, 7) is 1.85. The number of rotatable bonds is 6. The van der Waals surface area contributed by atoms with Crippen molar-refractivity contribution in [3.63, 3.8) is 0 Å². The zero-order valence-electron chi connectivity index (χ0n) is 11.7. The van der Waals surface area contributed by atoms with Gasteiger partial charge in [-0.3, -0.25) is 4.79 Å². The fourth-order valence-corrected chi connectivity index (χ4v) is 2.94. The first kappa shape index (κ1) is 13.4. The smallest absolute Gasteiger partial charge is 0.320 e. The van der Waals surface area contributed by atoms with E-state index in [-0.39, 0.29) is 0 Å². The second-order valence-corrected chi connectivity index (χ2v) is 5.84. The van der Waals surface area contributed by atoms with E-state index in [1.807, 2.05) is 0 Å². The van der Waals surface area contributed by atoms with Gasteiger partial charge in [0.05, 0.1) is 0 Å². The molecule has 0 amide bonds. The maximum Gasteiger partial charge on any atom is 0.320 e. The maximum absolute atomic E-state index is 11.3. The second-order valence-electron chi connectivity index (χ2n) is 5.84. The Morgan fingerprint density at radius 2 is 2.20 bits per heavy atom. The summed E-state index contributed by atoms with van der Waals surface area (Å²) in [7, 11) is 0. The predicted molar refractivity (Wildman–Crippen MR) is 79.2 cm³/mol. The normalized spacial score (nSPS) is 19.5. The lowest BCUT2D eigenvalue weighted by atomic mass is 10.0. The fourth-order valence-electron chi connectivity index (χ4n) is 2.94. The highest BCUT2D eigenvalue weighted by Gasteiger charge is 2.28. The first-order valence-corrected chi connectivity index (χ1v) is 7.56. The van der Waals surface area contributed by atoms with Crippen LogP contribution in [0.25, 0.3) is 0 Å². The molecule has 1 fully saturated rings. The quantitative estimate of drug-likeness (QED) is 0.833. The van der Waals surface area contributed by atoms with E-state index in [4.69, 9.17) is 0 Å². The number of anilines is 1. The molecule has 1 aromatic rings. The van der Waals surface area contributed by atoms with Crippen LogP contribution in [0.15, 0.2) is 24.3 Å². The average molecular weight is 274 g/mol. The largest absolute Gasteiger partial charge is 0.480 e. The van der Waals surface area contributed by atoms with Crippen LogP contribution in [0, 0.1) is 0 Å². The van der Waals surface area contributed by atoms with Crippen molar-refractivity contribution in [2.45, 2.75) is 44.2 Å². The van der Waals surface area contributed by atoms with Gasteiger partial charge >= 0.3 is 5.97 Å². The number of aliphatic carboxylic acids is 1. The highest BCUT2D eigenvalue weighted by Crippen LogP contribution is 2.27. The molecule has 1 unspecified atom stereocenters. The molecule has 1 atom stereocenters. The lowest BCUT2D eigenvalue weighted by Crippen LogP contribution is -2.42. The van der Waals surface area contributed by atoms with Gasteiger partial charge in [-0.15, -0.1) is 0 Å². The topological polar surface area (TPSA) is 52.6 Å². The molecule has 1 saturated carbocycles. The molecule has 1 aliphatic carbocycles. The molecular weight excluding hydrogens is 252 g/mol. The third-order valence-electron chi connectivity index (χ3n) is 4.21. The van der Waals surface area contributed by atoms with Gasteiger partial charge in [0, 0.05) is 24.8 Å². The van der Waals surface area contributed by atoms with E-state index in [0.717, 1.165) is 38.8 Å². The summed E-state index contributed by atoms with van der Waals surface area (Å²) >= 11 is 0. The van der Waals surface area contributed by atoms with Crippen LogP contribution in [-0.4, -0.2) is 36.2 Å². The molecule has 4 nitrogen and oxygen atoms in total. The first-order chi connectivity index (χ1) is 9.74. The Hall–Kier alpha value is -1.55. The maximum atomic E-state index is 11.3. The Labute approximate surface area is 119 Å². The molecule has 20 heavy (non-hydrogen) atoms. The van der Waals surface area contributed by atoms with Crippen LogP contribution in [0.3, 0.4) is 0 Å². The third-order valence-corrected chi connectivity index (χ3v) is 4.21. The van der Waals surface area contributed by atoms with E-state index in [9.17, 15) is 9.90 Å². The summed E-state index contributed by atoms with van der Waals surface area (Å²) < 4.78 is 0. The van der Waals surface area contributed by atoms with Crippen LogP contribution in [-0.2, 0) is 11.2 Å². The molecule has 0 spiro atoms. The van der Waals surface area contributed by atoms with Crippen molar-refractivity contribution in [3.8, 4) is 0 Å². The van der Waals surface area contributed by atoms with Crippen molar-refractivity contribution >= 4 is 11.7 Å². The molecule has 0 aromatic heterocycles. The van der Waals surface area contributed by atoms with E-state index < -0.39 is 12.0 Å². The van der Waals surface area contributed by atoms with Gasteiger partial charge in [-0.1, -0.05) is 18.2 Å². The number of hydrogen-bond acceptors (Lipinski definition) is 3. The van der Waals surface area contributed by atoms with Crippen LogP contribution in [0.2, 0.25) is 0 Å². The third kappa shape index (κ3) is 3.12. The van der Waals surface area contributed by atoms with Crippen molar-refractivity contribution in [3.05, 3.63) is 29.8 Å². The van der Waals surface area contributed by atoms with E-state index in [1.54, 1.807) is 0 Å². The van der Waals surface area contributed by atoms with Crippen molar-refractivity contribution in [2.75, 3.05) is 18.0 Å². The average Bonchev–Trinajstić information content (AvgIpc) is 3.27. The minimum atomic E-state index is -0.720. The molecule has 108 valence electrons. The Kier molecular flexibility index (Phi) is 3.92. The highest BCUT2D eigenvalue weighted by atomic mass is 16.4. The van der Waals surface area contributed by atoms with Crippen molar-refractivity contribution < 1.29 is 9.90 Å². The second kappa shape index (κ2) is 5.83. The zero-order chi connectivity index (χ0) is 13.9. The van der Waals surface area contributed by atoms with Gasteiger partial charge in [0.25, 0.3) is 0 Å². The van der Waals surface area contributed by atoms with Crippen LogP contribution >= 0.6 is 0 Å². The number of nitrogens with one attached hydrogen (secondary N) is 1. The molecule has 0 saturated heterocycles. The Morgan fingerprint density at radius 1 is 1.40 bits per heavy atom. The van der Waals surface area contributed by atoms with E-state index in [1.165, 1.54) is 11.3 Å². The van der Waals surface area contributed by atoms with Gasteiger partial charge in [0.1, 0.15) is 6.04 Å². The molecule has 4 heteroatoms.